The Labute approximate surface area is 161 Å². The van der Waals surface area contributed by atoms with E-state index in [1.807, 2.05) is 0 Å². The number of rotatable bonds is 4. The fourth-order valence-electron chi connectivity index (χ4n) is 1.94. The van der Waals surface area contributed by atoms with Crippen LogP contribution in [0.1, 0.15) is 11.1 Å². The van der Waals surface area contributed by atoms with Crippen LogP contribution in [0.15, 0.2) is 52.6 Å². The van der Waals surface area contributed by atoms with Crippen molar-refractivity contribution in [3.8, 4) is 0 Å². The molecule has 0 aliphatic carbocycles. The summed E-state index contributed by atoms with van der Waals surface area (Å²) in [5.41, 5.74) is 0.283. The van der Waals surface area contributed by atoms with Crippen LogP contribution in [-0.2, 0) is 9.59 Å². The second kappa shape index (κ2) is 8.35. The van der Waals surface area contributed by atoms with E-state index in [1.54, 1.807) is 46.9 Å². The van der Waals surface area contributed by atoms with Gasteiger partial charge in [0.1, 0.15) is 11.6 Å². The Morgan fingerprint density at radius 2 is 1.72 bits per heavy atom. The van der Waals surface area contributed by atoms with Crippen LogP contribution in [0.4, 0.5) is 8.78 Å². The van der Waals surface area contributed by atoms with Gasteiger partial charge in [-0.2, -0.15) is 0 Å². The molecule has 7 heteroatoms. The summed E-state index contributed by atoms with van der Waals surface area (Å²) in [6.07, 6.45) is 1.38. The predicted octanol–water partition coefficient (Wildman–Crippen LogP) is 4.75. The highest BCUT2D eigenvalue weighted by Crippen LogP contribution is 2.23. The minimum Gasteiger partial charge on any atom is -0.288 e. The Balaban J connectivity index is 2.50. The molecule has 0 atom stereocenters. The molecule has 2 rings (SSSR count). The van der Waals surface area contributed by atoms with E-state index in [0.717, 1.165) is 12.1 Å². The SMILES string of the molecule is C=C(I)C(=O)NC(=O)/C(=C/c1ccc(Cl)cc1)c1ccc(F)cc1F. The van der Waals surface area contributed by atoms with Crippen LogP contribution in [0, 0.1) is 11.6 Å². The molecule has 2 amide bonds. The van der Waals surface area contributed by atoms with Crippen LogP contribution in [0.3, 0.4) is 0 Å². The van der Waals surface area contributed by atoms with Gasteiger partial charge in [-0.1, -0.05) is 30.3 Å². The van der Waals surface area contributed by atoms with Gasteiger partial charge in [0.05, 0.1) is 9.15 Å². The zero-order valence-electron chi connectivity index (χ0n) is 12.7. The van der Waals surface area contributed by atoms with Crippen molar-refractivity contribution < 1.29 is 18.4 Å². The highest BCUT2D eigenvalue weighted by atomic mass is 127. The molecule has 0 bridgehead atoms. The minimum absolute atomic E-state index is 0.0939. The van der Waals surface area contributed by atoms with Gasteiger partial charge in [-0.15, -0.1) is 0 Å². The van der Waals surface area contributed by atoms with Crippen LogP contribution >= 0.6 is 34.2 Å². The molecule has 0 radical (unpaired) electrons. The predicted molar refractivity (Wildman–Crippen MR) is 102 cm³/mol. The Kier molecular flexibility index (Phi) is 6.44. The van der Waals surface area contributed by atoms with Gasteiger partial charge in [0, 0.05) is 16.7 Å². The van der Waals surface area contributed by atoms with Crippen molar-refractivity contribution in [2.75, 3.05) is 0 Å². The molecule has 0 saturated heterocycles. The summed E-state index contributed by atoms with van der Waals surface area (Å²) in [6.45, 7) is 3.43. The second-order valence-corrected chi connectivity index (χ2v) is 6.66. The minimum atomic E-state index is -0.920. The van der Waals surface area contributed by atoms with Gasteiger partial charge in [0.15, 0.2) is 0 Å². The molecule has 0 aliphatic rings. The van der Waals surface area contributed by atoms with E-state index < -0.39 is 23.4 Å². The third-order valence-corrected chi connectivity index (χ3v) is 3.86. The van der Waals surface area contributed by atoms with E-state index in [-0.39, 0.29) is 14.7 Å². The number of halogens is 4. The molecule has 3 nitrogen and oxygen atoms in total. The average molecular weight is 474 g/mol. The van der Waals surface area contributed by atoms with Crippen LogP contribution in [-0.4, -0.2) is 11.8 Å². The topological polar surface area (TPSA) is 46.2 Å². The standard InChI is InChI=1S/C18H11ClF2INO2/c1-10(22)17(24)23-18(25)15(8-11-2-4-12(19)5-3-11)14-7-6-13(20)9-16(14)21/h2-9H,1H2,(H,23,24,25)/b15-8+. The van der Waals surface area contributed by atoms with Crippen molar-refractivity contribution >= 4 is 57.7 Å². The van der Waals surface area contributed by atoms with Gasteiger partial charge in [-0.25, -0.2) is 8.78 Å². The summed E-state index contributed by atoms with van der Waals surface area (Å²) in [6, 6.07) is 9.27. The first-order valence-corrected chi connectivity index (χ1v) is 8.36. The molecule has 128 valence electrons. The molecule has 2 aromatic rings. The number of carbonyl (C=O) groups is 2. The van der Waals surface area contributed by atoms with E-state index >= 15 is 0 Å². The van der Waals surface area contributed by atoms with Gasteiger partial charge in [0.2, 0.25) is 0 Å². The smallest absolute Gasteiger partial charge is 0.263 e. The lowest BCUT2D eigenvalue weighted by Crippen LogP contribution is -2.31. The lowest BCUT2D eigenvalue weighted by atomic mass is 10.0. The molecule has 0 unspecified atom stereocenters. The maximum Gasteiger partial charge on any atom is 0.263 e. The highest BCUT2D eigenvalue weighted by molar-refractivity contribution is 14.1. The molecule has 0 aromatic heterocycles. The van der Waals surface area contributed by atoms with Crippen molar-refractivity contribution in [1.82, 2.24) is 5.32 Å². The molecule has 0 saturated carbocycles. The van der Waals surface area contributed by atoms with Crippen molar-refractivity contribution in [1.29, 1.82) is 0 Å². The van der Waals surface area contributed by atoms with Crippen LogP contribution in [0.25, 0.3) is 11.6 Å². The van der Waals surface area contributed by atoms with Crippen molar-refractivity contribution in [2.45, 2.75) is 0 Å². The van der Waals surface area contributed by atoms with Gasteiger partial charge in [0.25, 0.3) is 11.8 Å². The fraction of sp³-hybridized carbons (Fsp3) is 0. The quantitative estimate of drug-likeness (QED) is 0.396. The third-order valence-electron chi connectivity index (χ3n) is 3.12. The molecule has 0 aliphatic heterocycles. The van der Waals surface area contributed by atoms with E-state index in [1.165, 1.54) is 6.08 Å². The summed E-state index contributed by atoms with van der Waals surface area (Å²) in [7, 11) is 0. The van der Waals surface area contributed by atoms with E-state index in [0.29, 0.717) is 16.7 Å². The number of benzene rings is 2. The van der Waals surface area contributed by atoms with Gasteiger partial charge >= 0.3 is 0 Å². The average Bonchev–Trinajstić information content (AvgIpc) is 2.54. The number of imide groups is 1. The number of hydrogen-bond acceptors (Lipinski definition) is 2. The van der Waals surface area contributed by atoms with Crippen LogP contribution in [0.5, 0.6) is 0 Å². The summed E-state index contributed by atoms with van der Waals surface area (Å²) < 4.78 is 27.4. The van der Waals surface area contributed by atoms with Crippen molar-refractivity contribution in [2.24, 2.45) is 0 Å². The highest BCUT2D eigenvalue weighted by Gasteiger charge is 2.19. The van der Waals surface area contributed by atoms with Gasteiger partial charge in [-0.05, 0) is 58.5 Å². The Morgan fingerprint density at radius 3 is 2.28 bits per heavy atom. The molecule has 0 heterocycles. The molecular weight excluding hydrogens is 463 g/mol. The second-order valence-electron chi connectivity index (χ2n) is 4.92. The molecule has 0 fully saturated rings. The fourth-order valence-corrected chi connectivity index (χ4v) is 2.20. The Morgan fingerprint density at radius 1 is 1.08 bits per heavy atom. The molecular formula is C18H11ClF2INO2. The van der Waals surface area contributed by atoms with Gasteiger partial charge < -0.3 is 0 Å². The first-order valence-electron chi connectivity index (χ1n) is 6.90. The first-order chi connectivity index (χ1) is 11.8. The number of hydrogen-bond donors (Lipinski definition) is 1. The van der Waals surface area contributed by atoms with Crippen molar-refractivity contribution in [3.63, 3.8) is 0 Å². The van der Waals surface area contributed by atoms with Crippen molar-refractivity contribution in [3.05, 3.63) is 80.4 Å². The normalized spacial score (nSPS) is 11.1. The monoisotopic (exact) mass is 473 g/mol. The van der Waals surface area contributed by atoms with Crippen LogP contribution in [0.2, 0.25) is 5.02 Å². The Bertz CT molecular complexity index is 879. The molecule has 0 spiro atoms. The maximum absolute atomic E-state index is 14.1. The summed E-state index contributed by atoms with van der Waals surface area (Å²) in [4.78, 5) is 24.1. The van der Waals surface area contributed by atoms with Crippen LogP contribution < -0.4 is 5.32 Å². The molecule has 25 heavy (non-hydrogen) atoms. The van der Waals surface area contributed by atoms with Gasteiger partial charge in [-0.3, -0.25) is 14.9 Å². The number of carbonyl (C=O) groups excluding carboxylic acids is 2. The lowest BCUT2D eigenvalue weighted by Gasteiger charge is -2.10. The lowest BCUT2D eigenvalue weighted by molar-refractivity contribution is -0.124. The zero-order chi connectivity index (χ0) is 18.6. The molecule has 1 N–H and O–H groups in total. The summed E-state index contributed by atoms with van der Waals surface area (Å²) in [5.74, 6) is -3.22. The van der Waals surface area contributed by atoms with E-state index in [2.05, 4.69) is 11.9 Å². The van der Waals surface area contributed by atoms with E-state index in [4.69, 9.17) is 11.6 Å². The Hall–Kier alpha value is -2.06. The summed E-state index contributed by atoms with van der Waals surface area (Å²) in [5, 5.41) is 2.60. The number of amides is 2. The zero-order valence-corrected chi connectivity index (χ0v) is 15.6. The summed E-state index contributed by atoms with van der Waals surface area (Å²) >= 11 is 7.48. The maximum atomic E-state index is 14.1. The first kappa shape index (κ1) is 19.3. The van der Waals surface area contributed by atoms with E-state index in [9.17, 15) is 18.4 Å². The largest absolute Gasteiger partial charge is 0.288 e. The number of nitrogens with one attached hydrogen (secondary N) is 1. The third kappa shape index (κ3) is 5.20. The molecule has 2 aromatic carbocycles.